The third kappa shape index (κ3) is 3.19. The molecule has 3 N–H and O–H groups in total. The predicted octanol–water partition coefficient (Wildman–Crippen LogP) is 1.58. The number of ketones is 1. The Morgan fingerprint density at radius 2 is 1.89 bits per heavy atom. The maximum Gasteiger partial charge on any atom is 0.200 e. The third-order valence-corrected chi connectivity index (χ3v) is 2.82. The second-order valence-corrected chi connectivity index (χ2v) is 4.34. The molecule has 1 aromatic rings. The van der Waals surface area contributed by atoms with Gasteiger partial charge in [-0.2, -0.15) is 0 Å². The molecule has 1 aromatic carbocycles. The predicted molar refractivity (Wildman–Crippen MR) is 71.0 cm³/mol. The first-order valence-corrected chi connectivity index (χ1v) is 5.81. The summed E-state index contributed by atoms with van der Waals surface area (Å²) in [5.41, 5.74) is 0.843. The molecule has 0 aliphatic heterocycles. The van der Waals surface area contributed by atoms with E-state index in [4.69, 9.17) is 0 Å². The molecule has 4 nitrogen and oxygen atoms in total. The molecular formula is C15H14O4. The molecule has 0 bridgehead atoms. The number of benzene rings is 1. The van der Waals surface area contributed by atoms with Crippen LogP contribution in [0, 0.1) is 5.92 Å². The van der Waals surface area contributed by atoms with Gasteiger partial charge in [0, 0.05) is 6.08 Å². The van der Waals surface area contributed by atoms with E-state index >= 15 is 0 Å². The Kier molecular flexibility index (Phi) is 3.64. The Morgan fingerprint density at radius 3 is 2.53 bits per heavy atom. The molecule has 1 aliphatic rings. The fraction of sp³-hybridized carbons (Fsp3) is 0.133. The number of rotatable bonds is 3. The molecule has 2 rings (SSSR count). The molecule has 0 saturated carbocycles. The minimum atomic E-state index is -2.36. The van der Waals surface area contributed by atoms with E-state index in [0.717, 1.165) is 11.6 Å². The zero-order valence-corrected chi connectivity index (χ0v) is 10.1. The molecule has 98 valence electrons. The van der Waals surface area contributed by atoms with Crippen LogP contribution in [0.2, 0.25) is 0 Å². The number of aliphatic hydroxyl groups excluding tert-OH is 1. The Balaban J connectivity index is 2.13. The van der Waals surface area contributed by atoms with E-state index in [1.807, 2.05) is 30.3 Å². The van der Waals surface area contributed by atoms with E-state index in [9.17, 15) is 20.1 Å². The first-order chi connectivity index (χ1) is 8.99. The summed E-state index contributed by atoms with van der Waals surface area (Å²) in [6.07, 6.45) is 6.27. The molecule has 0 aromatic heterocycles. The molecule has 1 aliphatic carbocycles. The quantitative estimate of drug-likeness (QED) is 0.568. The lowest BCUT2D eigenvalue weighted by Crippen LogP contribution is -2.40. The van der Waals surface area contributed by atoms with E-state index in [2.05, 4.69) is 0 Å². The molecule has 0 radical (unpaired) electrons. The molecule has 4 heteroatoms. The number of carbonyl (C=O) groups is 1. The van der Waals surface area contributed by atoms with Crippen molar-refractivity contribution in [2.45, 2.75) is 5.79 Å². The van der Waals surface area contributed by atoms with E-state index in [-0.39, 0.29) is 5.76 Å². The summed E-state index contributed by atoms with van der Waals surface area (Å²) in [7, 11) is 0. The van der Waals surface area contributed by atoms with Crippen LogP contribution in [0.15, 0.2) is 60.4 Å². The van der Waals surface area contributed by atoms with Crippen LogP contribution in [0.3, 0.4) is 0 Å². The molecule has 1 unspecified atom stereocenters. The fourth-order valence-electron chi connectivity index (χ4n) is 1.84. The number of allylic oxidation sites excluding steroid dienone is 2. The van der Waals surface area contributed by atoms with Crippen molar-refractivity contribution in [2.24, 2.45) is 5.92 Å². The Bertz CT molecular complexity index is 553. The SMILES string of the molecule is O=C(C=Cc1ccccc1)C1C=CC(O)=CC1(O)O. The van der Waals surface area contributed by atoms with Gasteiger partial charge in [0.25, 0.3) is 0 Å². The van der Waals surface area contributed by atoms with Gasteiger partial charge in [-0.1, -0.05) is 42.5 Å². The summed E-state index contributed by atoms with van der Waals surface area (Å²) < 4.78 is 0. The number of aliphatic hydroxyl groups is 3. The fourth-order valence-corrected chi connectivity index (χ4v) is 1.84. The normalized spacial score (nSPS) is 21.4. The Labute approximate surface area is 110 Å². The molecule has 0 fully saturated rings. The van der Waals surface area contributed by atoms with Crippen LogP contribution in [-0.4, -0.2) is 26.9 Å². The van der Waals surface area contributed by atoms with E-state index < -0.39 is 17.5 Å². The molecule has 0 heterocycles. The average molecular weight is 258 g/mol. The van der Waals surface area contributed by atoms with Crippen molar-refractivity contribution in [2.75, 3.05) is 0 Å². The largest absolute Gasteiger partial charge is 0.508 e. The molecular weight excluding hydrogens is 244 g/mol. The number of hydrogen-bond donors (Lipinski definition) is 3. The highest BCUT2D eigenvalue weighted by molar-refractivity contribution is 5.97. The average Bonchev–Trinajstić information content (AvgIpc) is 2.36. The maximum absolute atomic E-state index is 11.9. The second-order valence-electron chi connectivity index (χ2n) is 4.34. The summed E-state index contributed by atoms with van der Waals surface area (Å²) in [5.74, 6) is -4.21. The highest BCUT2D eigenvalue weighted by Crippen LogP contribution is 2.25. The molecule has 1 atom stereocenters. The van der Waals surface area contributed by atoms with Crippen molar-refractivity contribution in [1.82, 2.24) is 0 Å². The van der Waals surface area contributed by atoms with Crippen molar-refractivity contribution in [3.63, 3.8) is 0 Å². The van der Waals surface area contributed by atoms with Crippen LogP contribution in [-0.2, 0) is 4.79 Å². The van der Waals surface area contributed by atoms with Gasteiger partial charge in [0.1, 0.15) is 5.76 Å². The second kappa shape index (κ2) is 5.22. The van der Waals surface area contributed by atoms with Crippen molar-refractivity contribution in [1.29, 1.82) is 0 Å². The summed E-state index contributed by atoms with van der Waals surface area (Å²) in [6, 6.07) is 9.21. The molecule has 0 spiro atoms. The molecule has 19 heavy (non-hydrogen) atoms. The first-order valence-electron chi connectivity index (χ1n) is 5.81. The summed E-state index contributed by atoms with van der Waals surface area (Å²) in [5, 5.41) is 28.5. The first kappa shape index (κ1) is 13.3. The van der Waals surface area contributed by atoms with Gasteiger partial charge in [0.15, 0.2) is 5.78 Å². The van der Waals surface area contributed by atoms with Crippen LogP contribution in [0.25, 0.3) is 6.08 Å². The number of hydrogen-bond acceptors (Lipinski definition) is 4. The van der Waals surface area contributed by atoms with Gasteiger partial charge in [-0.3, -0.25) is 4.79 Å². The van der Waals surface area contributed by atoms with Gasteiger partial charge in [-0.05, 0) is 17.7 Å². The lowest BCUT2D eigenvalue weighted by molar-refractivity contribution is -0.160. The van der Waals surface area contributed by atoms with Crippen molar-refractivity contribution < 1.29 is 20.1 Å². The molecule has 0 amide bonds. The Hall–Kier alpha value is -2.17. The topological polar surface area (TPSA) is 77.8 Å². The van der Waals surface area contributed by atoms with Gasteiger partial charge in [-0.25, -0.2) is 0 Å². The maximum atomic E-state index is 11.9. The van der Waals surface area contributed by atoms with Crippen LogP contribution in [0.4, 0.5) is 0 Å². The minimum Gasteiger partial charge on any atom is -0.508 e. The zero-order chi connectivity index (χ0) is 13.9. The number of carbonyl (C=O) groups excluding carboxylic acids is 1. The smallest absolute Gasteiger partial charge is 0.200 e. The zero-order valence-electron chi connectivity index (χ0n) is 10.1. The van der Waals surface area contributed by atoms with Gasteiger partial charge in [0.2, 0.25) is 5.79 Å². The van der Waals surface area contributed by atoms with Crippen LogP contribution in [0.1, 0.15) is 5.56 Å². The lowest BCUT2D eigenvalue weighted by atomic mass is 9.89. The minimum absolute atomic E-state index is 0.277. The highest BCUT2D eigenvalue weighted by Gasteiger charge is 2.37. The summed E-state index contributed by atoms with van der Waals surface area (Å²) in [6.45, 7) is 0. The summed E-state index contributed by atoms with van der Waals surface area (Å²) >= 11 is 0. The third-order valence-electron chi connectivity index (χ3n) is 2.82. The standard InChI is InChI=1S/C15H14O4/c16-12-7-8-13(15(18,19)10-12)14(17)9-6-11-4-2-1-3-5-11/h1-10,13,16,18-19H. The van der Waals surface area contributed by atoms with Crippen LogP contribution < -0.4 is 0 Å². The van der Waals surface area contributed by atoms with E-state index in [0.29, 0.717) is 0 Å². The van der Waals surface area contributed by atoms with Crippen molar-refractivity contribution >= 4 is 11.9 Å². The Morgan fingerprint density at radius 1 is 1.21 bits per heavy atom. The molecule has 0 saturated heterocycles. The summed E-state index contributed by atoms with van der Waals surface area (Å²) in [4.78, 5) is 11.9. The van der Waals surface area contributed by atoms with Crippen LogP contribution in [0.5, 0.6) is 0 Å². The van der Waals surface area contributed by atoms with Crippen molar-refractivity contribution in [3.8, 4) is 0 Å². The van der Waals surface area contributed by atoms with Gasteiger partial charge in [-0.15, -0.1) is 0 Å². The monoisotopic (exact) mass is 258 g/mol. The van der Waals surface area contributed by atoms with E-state index in [1.165, 1.54) is 18.2 Å². The highest BCUT2D eigenvalue weighted by atomic mass is 16.5. The lowest BCUT2D eigenvalue weighted by Gasteiger charge is -2.26. The van der Waals surface area contributed by atoms with Gasteiger partial charge >= 0.3 is 0 Å². The van der Waals surface area contributed by atoms with Crippen molar-refractivity contribution in [3.05, 3.63) is 66.0 Å². The van der Waals surface area contributed by atoms with Crippen LogP contribution >= 0.6 is 0 Å². The van der Waals surface area contributed by atoms with Gasteiger partial charge < -0.3 is 15.3 Å². The van der Waals surface area contributed by atoms with E-state index in [1.54, 1.807) is 6.08 Å². The van der Waals surface area contributed by atoms with Gasteiger partial charge in [0.05, 0.1) is 5.92 Å².